The highest BCUT2D eigenvalue weighted by molar-refractivity contribution is 5.91. The summed E-state index contributed by atoms with van der Waals surface area (Å²) < 4.78 is 40.0. The molecule has 1 saturated heterocycles. The Hall–Kier alpha value is -3.96. The number of benzene rings is 2. The van der Waals surface area contributed by atoms with Crippen LogP contribution in [0, 0.1) is 17.8 Å². The lowest BCUT2D eigenvalue weighted by atomic mass is 9.63. The predicted molar refractivity (Wildman–Crippen MR) is 170 cm³/mol. The van der Waals surface area contributed by atoms with Gasteiger partial charge in [0.1, 0.15) is 18.0 Å². The van der Waals surface area contributed by atoms with Crippen molar-refractivity contribution in [1.29, 1.82) is 0 Å². The summed E-state index contributed by atoms with van der Waals surface area (Å²) in [6.45, 7) is 6.15. The van der Waals surface area contributed by atoms with Crippen LogP contribution >= 0.6 is 0 Å². The van der Waals surface area contributed by atoms with Crippen molar-refractivity contribution in [2.24, 2.45) is 17.8 Å². The number of fused-ring (bicyclic) bond motifs is 6. The van der Waals surface area contributed by atoms with E-state index in [0.717, 1.165) is 37.2 Å². The van der Waals surface area contributed by atoms with Crippen molar-refractivity contribution in [1.82, 2.24) is 9.88 Å². The lowest BCUT2D eigenvalue weighted by molar-refractivity contribution is -0.176. The van der Waals surface area contributed by atoms with E-state index in [4.69, 9.17) is 33.2 Å². The zero-order chi connectivity index (χ0) is 32.5. The van der Waals surface area contributed by atoms with Gasteiger partial charge in [0.05, 0.1) is 52.1 Å². The van der Waals surface area contributed by atoms with Crippen molar-refractivity contribution in [2.45, 2.75) is 51.4 Å². The van der Waals surface area contributed by atoms with Gasteiger partial charge in [0, 0.05) is 42.9 Å². The first-order valence-corrected chi connectivity index (χ1v) is 16.1. The number of piperidine rings is 1. The van der Waals surface area contributed by atoms with E-state index in [1.807, 2.05) is 26.0 Å². The Morgan fingerprint density at radius 3 is 2.33 bits per heavy atom. The van der Waals surface area contributed by atoms with Gasteiger partial charge in [-0.3, -0.25) is 9.69 Å². The molecule has 1 saturated carbocycles. The Labute approximate surface area is 269 Å². The normalized spacial score (nSPS) is 25.5. The first kappa shape index (κ1) is 32.0. The summed E-state index contributed by atoms with van der Waals surface area (Å²) in [5.74, 6) is 0.583. The Bertz CT molecular complexity index is 1560. The number of carbonyl (C=O) groups is 2. The number of rotatable bonds is 10. The van der Waals surface area contributed by atoms with Crippen molar-refractivity contribution < 1.29 is 42.7 Å². The second-order valence-electron chi connectivity index (χ2n) is 12.1. The Morgan fingerprint density at radius 1 is 0.957 bits per heavy atom. The van der Waals surface area contributed by atoms with E-state index in [0.29, 0.717) is 36.9 Å². The number of nitrogens with one attached hydrogen (secondary N) is 1. The third kappa shape index (κ3) is 5.64. The fraction of sp³-hybridized carbons (Fsp3) is 0.543. The largest absolute Gasteiger partial charge is 0.497 e. The van der Waals surface area contributed by atoms with Gasteiger partial charge in [0.2, 0.25) is 5.75 Å². The van der Waals surface area contributed by atoms with Crippen LogP contribution in [0.3, 0.4) is 0 Å². The fourth-order valence-electron chi connectivity index (χ4n) is 7.98. The molecule has 3 heterocycles. The quantitative estimate of drug-likeness (QED) is 0.306. The van der Waals surface area contributed by atoms with Gasteiger partial charge in [-0.1, -0.05) is 0 Å². The van der Waals surface area contributed by atoms with Crippen molar-refractivity contribution in [2.75, 3.05) is 54.7 Å². The number of H-pyrrole nitrogens is 1. The van der Waals surface area contributed by atoms with Gasteiger partial charge in [-0.25, -0.2) is 4.79 Å². The first-order chi connectivity index (χ1) is 22.3. The van der Waals surface area contributed by atoms with Gasteiger partial charge in [-0.15, -0.1) is 0 Å². The molecule has 0 amide bonds. The molecule has 11 heteroatoms. The second kappa shape index (κ2) is 13.4. The third-order valence-corrected chi connectivity index (χ3v) is 9.92. The van der Waals surface area contributed by atoms with Crippen LogP contribution in [0.25, 0.3) is 10.9 Å². The highest BCUT2D eigenvalue weighted by Crippen LogP contribution is 2.51. The monoisotopic (exact) mass is 636 g/mol. The Kier molecular flexibility index (Phi) is 9.33. The second-order valence-corrected chi connectivity index (χ2v) is 12.1. The van der Waals surface area contributed by atoms with E-state index < -0.39 is 24.1 Å². The molecule has 3 aromatic rings. The van der Waals surface area contributed by atoms with Crippen molar-refractivity contribution in [3.8, 4) is 23.0 Å². The minimum atomic E-state index is -0.671. The molecule has 46 heavy (non-hydrogen) atoms. The fourth-order valence-corrected chi connectivity index (χ4v) is 7.98. The van der Waals surface area contributed by atoms with Gasteiger partial charge in [0.15, 0.2) is 11.5 Å². The van der Waals surface area contributed by atoms with Crippen molar-refractivity contribution in [3.05, 3.63) is 47.2 Å². The molecule has 0 spiro atoms. The molecule has 0 unspecified atom stereocenters. The van der Waals surface area contributed by atoms with Crippen LogP contribution in [0.15, 0.2) is 30.3 Å². The topological polar surface area (TPSA) is 118 Å². The average molecular weight is 637 g/mol. The number of hydrogen-bond donors (Lipinski definition) is 1. The van der Waals surface area contributed by atoms with E-state index in [1.165, 1.54) is 30.9 Å². The lowest BCUT2D eigenvalue weighted by Gasteiger charge is -2.52. The van der Waals surface area contributed by atoms with Crippen molar-refractivity contribution in [3.63, 3.8) is 0 Å². The highest BCUT2D eigenvalue weighted by atomic mass is 16.6. The van der Waals surface area contributed by atoms with Crippen LogP contribution in [-0.4, -0.2) is 88.8 Å². The average Bonchev–Trinajstić information content (AvgIpc) is 3.45. The summed E-state index contributed by atoms with van der Waals surface area (Å²) >= 11 is 0. The number of hydrogen-bond acceptors (Lipinski definition) is 10. The number of carbonyl (C=O) groups excluding carboxylic acids is 2. The lowest BCUT2D eigenvalue weighted by Crippen LogP contribution is -2.58. The summed E-state index contributed by atoms with van der Waals surface area (Å²) in [7, 11) is 6.17. The molecule has 2 aromatic carbocycles. The molecule has 3 aliphatic rings. The number of nitrogens with zero attached hydrogens (tertiary/aromatic N) is 1. The molecule has 6 rings (SSSR count). The zero-order valence-electron chi connectivity index (χ0n) is 27.4. The Morgan fingerprint density at radius 2 is 1.70 bits per heavy atom. The van der Waals surface area contributed by atoms with Gasteiger partial charge in [-0.05, 0) is 74.8 Å². The Balaban J connectivity index is 1.29. The van der Waals surface area contributed by atoms with Gasteiger partial charge in [0.25, 0.3) is 0 Å². The van der Waals surface area contributed by atoms with Crippen LogP contribution in [0.1, 0.15) is 54.3 Å². The molecule has 1 aromatic heterocycles. The highest BCUT2D eigenvalue weighted by Gasteiger charge is 2.54. The molecule has 1 N–H and O–H groups in total. The summed E-state index contributed by atoms with van der Waals surface area (Å²) in [5.41, 5.74) is 3.85. The molecular formula is C35H44N2O9. The first-order valence-electron chi connectivity index (χ1n) is 16.1. The maximum absolute atomic E-state index is 13.7. The van der Waals surface area contributed by atoms with E-state index in [-0.39, 0.29) is 29.4 Å². The number of ether oxygens (including phenoxy) is 7. The predicted octanol–water partition coefficient (Wildman–Crippen LogP) is 4.95. The summed E-state index contributed by atoms with van der Waals surface area (Å²) in [6, 6.07) is 9.50. The van der Waals surface area contributed by atoms with Crippen LogP contribution in [0.2, 0.25) is 0 Å². The van der Waals surface area contributed by atoms with Gasteiger partial charge < -0.3 is 38.1 Å². The van der Waals surface area contributed by atoms with Crippen LogP contribution in [0.5, 0.6) is 23.0 Å². The summed E-state index contributed by atoms with van der Waals surface area (Å²) in [5, 5.41) is 1.21. The number of aromatic amines is 1. The third-order valence-electron chi connectivity index (χ3n) is 9.92. The molecule has 2 aliphatic heterocycles. The molecule has 0 radical (unpaired) electrons. The van der Waals surface area contributed by atoms with Crippen LogP contribution < -0.4 is 18.9 Å². The van der Waals surface area contributed by atoms with E-state index in [9.17, 15) is 9.59 Å². The number of esters is 2. The molecule has 248 valence electrons. The molecule has 0 bridgehead atoms. The number of methoxy groups -OCH3 is 4. The standard InChI is InChI=1S/C35H44N2O9/c1-7-44-27-13-19(14-28(45-8-2)32(27)41-4)34(38)46-29-15-20-18-37-12-11-23-22-10-9-21(40-3)16-25(22)36-31(23)26(37)17-24(20)30(33(29)42-5)35(39)43-6/h9-10,13-14,16,20,24,26,29-30,33,36H,7-8,11-12,15,17-18H2,1-6H3/t20-,24+,26+,29-,30-,33+/m1/s1. The van der Waals surface area contributed by atoms with Crippen molar-refractivity contribution >= 4 is 22.8 Å². The summed E-state index contributed by atoms with van der Waals surface area (Å²) in [6.07, 6.45) is 0.922. The minimum Gasteiger partial charge on any atom is -0.497 e. The minimum absolute atomic E-state index is 0.0180. The SMILES string of the molecule is CCOc1cc(C(=O)O[C@@H]2C[C@@H]3CN4CCc5c([nH]c6cc(OC)ccc56)[C@@H]4C[C@@H]3[C@@H](C(=O)OC)[C@H]2OC)cc(OCC)c1OC. The maximum Gasteiger partial charge on any atom is 0.338 e. The molecular weight excluding hydrogens is 592 g/mol. The molecule has 2 fully saturated rings. The maximum atomic E-state index is 13.7. The molecule has 6 atom stereocenters. The summed E-state index contributed by atoms with van der Waals surface area (Å²) in [4.78, 5) is 33.4. The van der Waals surface area contributed by atoms with Gasteiger partial charge >= 0.3 is 11.9 Å². The smallest absolute Gasteiger partial charge is 0.338 e. The molecule has 11 nitrogen and oxygen atoms in total. The van der Waals surface area contributed by atoms with E-state index in [2.05, 4.69) is 16.0 Å². The van der Waals surface area contributed by atoms with E-state index in [1.54, 1.807) is 26.4 Å². The zero-order valence-corrected chi connectivity index (χ0v) is 27.4. The van der Waals surface area contributed by atoms with Crippen LogP contribution in [0.4, 0.5) is 0 Å². The van der Waals surface area contributed by atoms with Crippen LogP contribution in [-0.2, 0) is 25.4 Å². The van der Waals surface area contributed by atoms with Gasteiger partial charge in [-0.2, -0.15) is 0 Å². The number of aromatic nitrogens is 1. The van der Waals surface area contributed by atoms with E-state index >= 15 is 0 Å². The molecule has 1 aliphatic carbocycles.